The number of hydrogen-bond acceptors (Lipinski definition) is 21. The van der Waals surface area contributed by atoms with Crippen molar-refractivity contribution in [3.05, 3.63) is 130 Å². The first-order chi connectivity index (χ1) is 42.1. The molecule has 4 amide bonds. The summed E-state index contributed by atoms with van der Waals surface area (Å²) in [6, 6.07) is 16.3. The molecule has 28 heteroatoms. The highest BCUT2D eigenvalue weighted by Gasteiger charge is 2.34. The number of aryl methyl sites for hydroxylation is 1. The first kappa shape index (κ1) is 60.8. The van der Waals surface area contributed by atoms with Crippen molar-refractivity contribution >= 4 is 63.9 Å². The number of nitrogens with zero attached hydrogens (tertiary/aromatic N) is 13. The van der Waals surface area contributed by atoms with Crippen LogP contribution < -0.4 is 19.7 Å². The highest BCUT2D eigenvalue weighted by Crippen LogP contribution is 2.37. The fourth-order valence-corrected chi connectivity index (χ4v) is 10.1. The molecule has 25 nitrogen and oxygen atoms in total. The highest BCUT2D eigenvalue weighted by molar-refractivity contribution is 6.35. The fraction of sp³-hybridized carbons (Fsp3) is 0.373. The number of hydroxylamine groups is 2. The van der Waals surface area contributed by atoms with Crippen LogP contribution in [0, 0.1) is 29.9 Å². The second-order valence-electron chi connectivity index (χ2n) is 20.7. The number of nitrogens with one attached hydrogen (secondary N) is 1. The Morgan fingerprint density at radius 2 is 1.60 bits per heavy atom. The summed E-state index contributed by atoms with van der Waals surface area (Å²) in [5.74, 6) is -1.90. The van der Waals surface area contributed by atoms with Gasteiger partial charge in [0.25, 0.3) is 11.8 Å². The van der Waals surface area contributed by atoms with E-state index < -0.39 is 35.5 Å². The van der Waals surface area contributed by atoms with Crippen LogP contribution in [-0.4, -0.2) is 162 Å². The van der Waals surface area contributed by atoms with Crippen LogP contribution in [0.3, 0.4) is 0 Å². The molecule has 10 rings (SSSR count). The number of ether oxygens (including phenoxy) is 5. The van der Waals surface area contributed by atoms with Crippen LogP contribution in [0.2, 0.25) is 5.02 Å². The summed E-state index contributed by atoms with van der Waals surface area (Å²) in [5, 5.41) is 21.6. The third kappa shape index (κ3) is 15.0. The SMILES string of the molecule is Cc1nc2cc(F)c(-c3cnc(N4CCN(C(=O)Cn5cc(COCCOCCOCC(=O)N6CCC(Oc7cccc(Oc8ccc(C(=O)ON9C(=O)CCC9=O)cn8)c7)CC6)nn5)[C@H](C)C4)nc3)nc2c(N[C@H](C)c2cc(C#N)ccc2F)c1Cl. The molecular formula is C59H59ClF2N14O11. The van der Waals surface area contributed by atoms with E-state index in [1.165, 1.54) is 59.7 Å². The van der Waals surface area contributed by atoms with Gasteiger partial charge in [-0.1, -0.05) is 22.9 Å². The molecule has 87 heavy (non-hydrogen) atoms. The second kappa shape index (κ2) is 27.8. The number of hydrogen-bond donors (Lipinski definition) is 1. The number of piperazine rings is 1. The number of amides is 4. The maximum absolute atomic E-state index is 15.7. The Labute approximate surface area is 502 Å². The number of likely N-dealkylation sites (tertiary alicyclic amines) is 1. The summed E-state index contributed by atoms with van der Waals surface area (Å²) in [6.07, 6.45) is 6.90. The van der Waals surface area contributed by atoms with E-state index in [0.717, 1.165) is 0 Å². The first-order valence-corrected chi connectivity index (χ1v) is 28.3. The summed E-state index contributed by atoms with van der Waals surface area (Å²) >= 11 is 6.73. The predicted molar refractivity (Wildman–Crippen MR) is 306 cm³/mol. The van der Waals surface area contributed by atoms with Crippen molar-refractivity contribution in [2.75, 3.05) is 76.0 Å². The number of nitriles is 1. The number of halogens is 3. The molecule has 1 N–H and O–H groups in total. The van der Waals surface area contributed by atoms with Gasteiger partial charge in [0.15, 0.2) is 5.82 Å². The minimum Gasteiger partial charge on any atom is -0.490 e. The van der Waals surface area contributed by atoms with Gasteiger partial charge in [-0.25, -0.2) is 43.2 Å². The number of rotatable bonds is 23. The molecular weight excluding hydrogens is 1150 g/mol. The van der Waals surface area contributed by atoms with Gasteiger partial charge in [-0.15, -0.1) is 10.2 Å². The van der Waals surface area contributed by atoms with E-state index in [2.05, 4.69) is 40.5 Å². The highest BCUT2D eigenvalue weighted by atomic mass is 35.5. The van der Waals surface area contributed by atoms with E-state index in [4.69, 9.17) is 40.1 Å². The van der Waals surface area contributed by atoms with E-state index in [1.807, 2.05) is 17.9 Å². The number of anilines is 2. The molecule has 5 aromatic heterocycles. The Bertz CT molecular complexity index is 3700. The van der Waals surface area contributed by atoms with Crippen LogP contribution in [0.1, 0.15) is 78.4 Å². The van der Waals surface area contributed by atoms with Crippen LogP contribution in [-0.2, 0) is 51.4 Å². The molecule has 0 saturated carbocycles. The largest absolute Gasteiger partial charge is 0.490 e. The molecule has 2 atom stereocenters. The second-order valence-corrected chi connectivity index (χ2v) is 21.1. The molecule has 2 aromatic carbocycles. The summed E-state index contributed by atoms with van der Waals surface area (Å²) in [7, 11) is 0. The average Bonchev–Trinajstić information content (AvgIpc) is 3.99. The third-order valence-electron chi connectivity index (χ3n) is 14.5. The van der Waals surface area contributed by atoms with Crippen molar-refractivity contribution in [3.8, 4) is 34.7 Å². The van der Waals surface area contributed by atoms with Gasteiger partial charge in [0.1, 0.15) is 53.5 Å². The number of piperidine rings is 1. The number of imide groups is 1. The molecule has 3 aliphatic rings. The Hall–Kier alpha value is -9.36. The third-order valence-corrected chi connectivity index (χ3v) is 15.0. The Kier molecular flexibility index (Phi) is 19.4. The zero-order valence-corrected chi connectivity index (χ0v) is 48.3. The number of carbonyl (C=O) groups excluding carboxylic acids is 5. The molecule has 3 saturated heterocycles. The van der Waals surface area contributed by atoms with Crippen molar-refractivity contribution in [2.24, 2.45) is 0 Å². The van der Waals surface area contributed by atoms with Gasteiger partial charge in [-0.3, -0.25) is 19.2 Å². The molecule has 0 aliphatic carbocycles. The van der Waals surface area contributed by atoms with Crippen molar-refractivity contribution in [1.82, 2.24) is 54.8 Å². The molecule has 0 unspecified atom stereocenters. The average molecular weight is 1210 g/mol. The van der Waals surface area contributed by atoms with Crippen LogP contribution in [0.25, 0.3) is 22.3 Å². The van der Waals surface area contributed by atoms with Crippen LogP contribution in [0.15, 0.2) is 85.5 Å². The van der Waals surface area contributed by atoms with Crippen LogP contribution >= 0.6 is 11.6 Å². The van der Waals surface area contributed by atoms with Gasteiger partial charge < -0.3 is 48.5 Å². The van der Waals surface area contributed by atoms with Gasteiger partial charge >= 0.3 is 5.97 Å². The maximum atomic E-state index is 15.7. The summed E-state index contributed by atoms with van der Waals surface area (Å²) < 4.78 is 61.0. The normalized spacial score (nSPS) is 15.9. The monoisotopic (exact) mass is 1210 g/mol. The minimum atomic E-state index is -0.895. The number of pyridine rings is 3. The summed E-state index contributed by atoms with van der Waals surface area (Å²) in [4.78, 5) is 95.0. The Morgan fingerprint density at radius 1 is 0.851 bits per heavy atom. The molecule has 3 aliphatic heterocycles. The smallest absolute Gasteiger partial charge is 0.365 e. The fourth-order valence-electron chi connectivity index (χ4n) is 9.93. The molecule has 452 valence electrons. The summed E-state index contributed by atoms with van der Waals surface area (Å²) in [5.41, 5.74) is 2.55. The van der Waals surface area contributed by atoms with Crippen molar-refractivity contribution in [2.45, 2.75) is 77.8 Å². The number of aromatic nitrogens is 8. The lowest BCUT2D eigenvalue weighted by atomic mass is 10.0. The summed E-state index contributed by atoms with van der Waals surface area (Å²) in [6.45, 7) is 8.63. The predicted octanol–water partition coefficient (Wildman–Crippen LogP) is 6.73. The van der Waals surface area contributed by atoms with Crippen LogP contribution in [0.4, 0.5) is 20.4 Å². The molecule has 8 heterocycles. The van der Waals surface area contributed by atoms with Gasteiger partial charge in [0.05, 0.1) is 84.4 Å². The zero-order valence-electron chi connectivity index (χ0n) is 47.6. The lowest BCUT2D eigenvalue weighted by molar-refractivity contribution is -0.172. The van der Waals surface area contributed by atoms with E-state index in [0.29, 0.717) is 90.7 Å². The first-order valence-electron chi connectivity index (χ1n) is 27.9. The van der Waals surface area contributed by atoms with E-state index >= 15 is 4.39 Å². The number of carbonyl (C=O) groups is 5. The van der Waals surface area contributed by atoms with Crippen molar-refractivity contribution in [1.29, 1.82) is 5.26 Å². The zero-order chi connectivity index (χ0) is 61.1. The molecule has 7 aromatic rings. The molecule has 0 radical (unpaired) electrons. The van der Waals surface area contributed by atoms with Crippen molar-refractivity contribution < 1.29 is 61.3 Å². The van der Waals surface area contributed by atoms with Gasteiger partial charge in [-0.2, -0.15) is 5.26 Å². The quantitative estimate of drug-likeness (QED) is 0.0513. The Balaban J connectivity index is 0.589. The standard InChI is InChI=1S/C59H59ClF2N14O11/c1-35-30-73(59-65-28-40(29-66-59)55-47(62)25-48-56(69-55)57(54(60)37(3)67-48)68-36(2)45-23-38(26-63)7-9-46(45)61)17-18-75(35)52(79)32-74-31-41(70-71-74)33-83-21-19-82-20-22-84-34-53(80)72-15-13-42(14-16-72)85-43-5-4-6-44(24-43)86-49-10-8-39(27-64-49)58(81)87-76-50(77)11-12-51(76)78/h4-10,23-25,27-29,31,35-36,42H,11-22,30,32-34H2,1-3H3,(H,67,68)/t35-,36-/m1/s1. The lowest BCUT2D eigenvalue weighted by Gasteiger charge is -2.39. The van der Waals surface area contributed by atoms with Gasteiger partial charge in [0.2, 0.25) is 23.6 Å². The number of fused-ring (bicyclic) bond motifs is 1. The lowest BCUT2D eigenvalue weighted by Crippen LogP contribution is -2.55. The topological polar surface area (TPSA) is 285 Å². The molecule has 0 spiro atoms. The van der Waals surface area contributed by atoms with Crippen molar-refractivity contribution in [3.63, 3.8) is 0 Å². The minimum absolute atomic E-state index is 0.0106. The van der Waals surface area contributed by atoms with E-state index in [9.17, 15) is 33.6 Å². The number of benzene rings is 2. The molecule has 0 bridgehead atoms. The maximum Gasteiger partial charge on any atom is 0.365 e. The van der Waals surface area contributed by atoms with E-state index in [-0.39, 0.29) is 127 Å². The van der Waals surface area contributed by atoms with Crippen LogP contribution in [0.5, 0.6) is 17.4 Å². The van der Waals surface area contributed by atoms with E-state index in [1.54, 1.807) is 54.1 Å². The van der Waals surface area contributed by atoms with Gasteiger partial charge in [0, 0.05) is 112 Å². The molecule has 3 fully saturated rings. The van der Waals surface area contributed by atoms with Gasteiger partial charge in [-0.05, 0) is 57.2 Å². The Morgan fingerprint density at radius 3 is 2.33 bits per heavy atom.